The molecule has 1 N–H and O–H groups in total. The lowest BCUT2D eigenvalue weighted by atomic mass is 9.66. The largest absolute Gasteiger partial charge is 0.465 e. The fraction of sp³-hybridized carbons (Fsp3) is 0.513. The Morgan fingerprint density at radius 1 is 1.04 bits per heavy atom. The van der Waals surface area contributed by atoms with Crippen LogP contribution in [0, 0.1) is 11.8 Å². The molecule has 0 radical (unpaired) electrons. The van der Waals surface area contributed by atoms with Gasteiger partial charge in [-0.15, -0.1) is 24.9 Å². The molecule has 0 aromatic heterocycles. The van der Waals surface area contributed by atoms with E-state index in [-0.39, 0.29) is 37.5 Å². The number of likely N-dealkylation sites (tertiary alicyclic amines) is 1. The number of carbonyl (C=O) groups is 3. The van der Waals surface area contributed by atoms with Crippen LogP contribution in [0.15, 0.2) is 79.9 Å². The van der Waals surface area contributed by atoms with Gasteiger partial charge in [-0.2, -0.15) is 0 Å². The molecule has 2 aromatic carbocycles. The number of nitrogens with zero attached hydrogens (tertiary/aromatic N) is 3. The summed E-state index contributed by atoms with van der Waals surface area (Å²) in [5, 5.41) is 10.9. The quantitative estimate of drug-likeness (QED) is 0.125. The van der Waals surface area contributed by atoms with Gasteiger partial charge in [0.25, 0.3) is 5.91 Å². The molecule has 5 rings (SSSR count). The second-order valence-electron chi connectivity index (χ2n) is 13.4. The van der Waals surface area contributed by atoms with Crippen molar-refractivity contribution < 1.29 is 24.2 Å². The molecule has 1 spiro atoms. The van der Waals surface area contributed by atoms with Crippen molar-refractivity contribution in [2.75, 3.05) is 42.6 Å². The van der Waals surface area contributed by atoms with Crippen molar-refractivity contribution >= 4 is 40.9 Å². The summed E-state index contributed by atoms with van der Waals surface area (Å²) < 4.78 is 4.47. The van der Waals surface area contributed by atoms with E-state index < -0.39 is 33.4 Å². The lowest BCUT2D eigenvalue weighted by Gasteiger charge is -2.39. The van der Waals surface area contributed by atoms with Crippen molar-refractivity contribution in [1.82, 2.24) is 4.90 Å². The zero-order chi connectivity index (χ0) is 34.5. The predicted molar refractivity (Wildman–Crippen MR) is 194 cm³/mol. The summed E-state index contributed by atoms with van der Waals surface area (Å²) in [5.74, 6) is -2.24. The Bertz CT molecular complexity index is 1460. The molecule has 0 aliphatic carbocycles. The van der Waals surface area contributed by atoms with E-state index in [4.69, 9.17) is 4.74 Å². The fourth-order valence-corrected chi connectivity index (χ4v) is 10.5. The lowest BCUT2D eigenvalue weighted by Crippen LogP contribution is -2.58. The molecule has 3 aliphatic heterocycles. The molecule has 9 heteroatoms. The standard InChI is InChI=1S/C39H51N3O5S/c1-6-10-11-15-25-47-37(46)33-32-35(44)42(31(27-43)26-28-16-13-12-14-17-28)34(39(32)23-22-38(33,5)48-39)36(45)41(24-7-2)30-20-18-29(19-21-30)40(8-3)9-4/h6-7,12-14,16-21,31-34,43H,1-2,8-11,15,22-27H2,3-5H3/t31-,32+,33-,34?,38+,39?/m1/s1. The summed E-state index contributed by atoms with van der Waals surface area (Å²) in [5.41, 5.74) is 2.74. The minimum absolute atomic E-state index is 0.219. The monoisotopic (exact) mass is 673 g/mol. The van der Waals surface area contributed by atoms with Gasteiger partial charge in [0.05, 0.1) is 35.8 Å². The van der Waals surface area contributed by atoms with E-state index in [0.29, 0.717) is 24.9 Å². The molecule has 3 fully saturated rings. The van der Waals surface area contributed by atoms with E-state index in [2.05, 4.69) is 38.8 Å². The molecule has 3 saturated heterocycles. The van der Waals surface area contributed by atoms with Gasteiger partial charge in [-0.05, 0) is 89.1 Å². The van der Waals surface area contributed by atoms with Crippen LogP contribution in [0.5, 0.6) is 0 Å². The highest BCUT2D eigenvalue weighted by Crippen LogP contribution is 2.72. The molecule has 2 amide bonds. The number of carbonyl (C=O) groups excluding carboxylic acids is 3. The second kappa shape index (κ2) is 15.3. The van der Waals surface area contributed by atoms with Gasteiger partial charge in [0, 0.05) is 35.8 Å². The van der Waals surface area contributed by atoms with Crippen LogP contribution in [-0.2, 0) is 25.5 Å². The molecule has 8 nitrogen and oxygen atoms in total. The Morgan fingerprint density at radius 3 is 2.35 bits per heavy atom. The number of esters is 1. The number of rotatable bonds is 17. The Hall–Kier alpha value is -3.56. The first-order chi connectivity index (χ1) is 23.2. The normalized spacial score (nSPS) is 26.2. The zero-order valence-corrected chi connectivity index (χ0v) is 29.5. The Morgan fingerprint density at radius 2 is 1.73 bits per heavy atom. The summed E-state index contributed by atoms with van der Waals surface area (Å²) in [6.45, 7) is 16.0. The number of ether oxygens (including phenoxy) is 1. The summed E-state index contributed by atoms with van der Waals surface area (Å²) >= 11 is 1.62. The van der Waals surface area contributed by atoms with Crippen molar-refractivity contribution in [2.24, 2.45) is 11.8 Å². The number of hydrogen-bond donors (Lipinski definition) is 1. The Labute approximate surface area is 290 Å². The number of aliphatic hydroxyl groups excluding tert-OH is 1. The highest BCUT2D eigenvalue weighted by molar-refractivity contribution is 8.02. The molecule has 2 aromatic rings. The highest BCUT2D eigenvalue weighted by Gasteiger charge is 2.78. The van der Waals surface area contributed by atoms with Crippen LogP contribution in [0.4, 0.5) is 11.4 Å². The van der Waals surface area contributed by atoms with Crippen molar-refractivity contribution in [1.29, 1.82) is 0 Å². The number of benzene rings is 2. The maximum Gasteiger partial charge on any atom is 0.311 e. The zero-order valence-electron chi connectivity index (χ0n) is 28.7. The maximum atomic E-state index is 15.1. The van der Waals surface area contributed by atoms with E-state index in [1.54, 1.807) is 27.6 Å². The first-order valence-corrected chi connectivity index (χ1v) is 18.2. The minimum atomic E-state index is -0.879. The van der Waals surface area contributed by atoms with E-state index in [9.17, 15) is 14.7 Å². The Balaban J connectivity index is 1.55. The molecule has 2 bridgehead atoms. The number of aliphatic hydroxyl groups is 1. The van der Waals surface area contributed by atoms with Gasteiger partial charge in [0.15, 0.2) is 0 Å². The number of fused-ring (bicyclic) bond motifs is 1. The third-order valence-corrected chi connectivity index (χ3v) is 12.5. The van der Waals surface area contributed by atoms with Crippen molar-refractivity contribution in [3.8, 4) is 0 Å². The Kier molecular flexibility index (Phi) is 11.4. The van der Waals surface area contributed by atoms with Crippen LogP contribution in [0.1, 0.15) is 58.4 Å². The third-order valence-electron chi connectivity index (χ3n) is 10.5. The SMILES string of the molecule is C=CCCCCOC(=O)[C@H]1[C@H]2C(=O)N([C@@H](CO)Cc3ccccc3)C(C(=O)N(CC=C)c3ccc(N(CC)CC)cc3)C23CC[C@]1(C)S3. The van der Waals surface area contributed by atoms with Gasteiger partial charge in [0.2, 0.25) is 5.91 Å². The van der Waals surface area contributed by atoms with E-state index in [1.807, 2.05) is 60.7 Å². The molecule has 0 saturated carbocycles. The highest BCUT2D eigenvalue weighted by atomic mass is 32.2. The molecule has 258 valence electrons. The van der Waals surface area contributed by atoms with E-state index in [0.717, 1.165) is 43.6 Å². The average Bonchev–Trinajstić information content (AvgIpc) is 3.67. The summed E-state index contributed by atoms with van der Waals surface area (Å²) in [6.07, 6.45) is 7.69. The van der Waals surface area contributed by atoms with Crippen molar-refractivity contribution in [2.45, 2.75) is 80.9 Å². The van der Waals surface area contributed by atoms with Crippen molar-refractivity contribution in [3.05, 3.63) is 85.5 Å². The van der Waals surface area contributed by atoms with Crippen LogP contribution < -0.4 is 9.80 Å². The van der Waals surface area contributed by atoms with Crippen LogP contribution >= 0.6 is 11.8 Å². The van der Waals surface area contributed by atoms with E-state index >= 15 is 4.79 Å². The molecular formula is C39H51N3O5S. The first-order valence-electron chi connectivity index (χ1n) is 17.4. The number of hydrogen-bond acceptors (Lipinski definition) is 7. The summed E-state index contributed by atoms with van der Waals surface area (Å²) in [7, 11) is 0. The molecule has 3 aliphatic rings. The summed E-state index contributed by atoms with van der Waals surface area (Å²) in [4.78, 5) is 49.4. The number of anilines is 2. The number of allylic oxidation sites excluding steroid dienone is 1. The fourth-order valence-electron chi connectivity index (χ4n) is 8.22. The first kappa shape index (κ1) is 35.7. The van der Waals surface area contributed by atoms with Crippen LogP contribution in [0.3, 0.4) is 0 Å². The third kappa shape index (κ3) is 6.56. The topological polar surface area (TPSA) is 90.4 Å². The number of thioether (sulfide) groups is 1. The van der Waals surface area contributed by atoms with Gasteiger partial charge in [-0.3, -0.25) is 14.4 Å². The van der Waals surface area contributed by atoms with Crippen LogP contribution in [0.2, 0.25) is 0 Å². The lowest BCUT2D eigenvalue weighted by molar-refractivity contribution is -0.156. The van der Waals surface area contributed by atoms with Gasteiger partial charge in [-0.1, -0.05) is 42.5 Å². The van der Waals surface area contributed by atoms with E-state index in [1.165, 1.54) is 0 Å². The summed E-state index contributed by atoms with van der Waals surface area (Å²) in [6, 6.07) is 16.1. The van der Waals surface area contributed by atoms with Gasteiger partial charge in [0.1, 0.15) is 6.04 Å². The second-order valence-corrected chi connectivity index (χ2v) is 15.3. The smallest absolute Gasteiger partial charge is 0.311 e. The number of unbranched alkanes of at least 4 members (excludes halogenated alkanes) is 2. The number of amides is 2. The predicted octanol–water partition coefficient (Wildman–Crippen LogP) is 6.04. The van der Waals surface area contributed by atoms with Gasteiger partial charge >= 0.3 is 5.97 Å². The molecule has 2 unspecified atom stereocenters. The maximum absolute atomic E-state index is 15.1. The minimum Gasteiger partial charge on any atom is -0.465 e. The van der Waals surface area contributed by atoms with Crippen LogP contribution in [-0.4, -0.2) is 82.2 Å². The average molecular weight is 674 g/mol. The van der Waals surface area contributed by atoms with Crippen LogP contribution in [0.25, 0.3) is 0 Å². The van der Waals surface area contributed by atoms with Crippen molar-refractivity contribution in [3.63, 3.8) is 0 Å². The molecule has 3 heterocycles. The molecular weight excluding hydrogens is 623 g/mol. The molecule has 48 heavy (non-hydrogen) atoms. The van der Waals surface area contributed by atoms with Gasteiger partial charge < -0.3 is 24.5 Å². The van der Waals surface area contributed by atoms with Gasteiger partial charge in [-0.25, -0.2) is 0 Å². The molecule has 6 atom stereocenters.